The van der Waals surface area contributed by atoms with E-state index in [9.17, 15) is 0 Å². The topological polar surface area (TPSA) is 54.1 Å². The van der Waals surface area contributed by atoms with E-state index in [4.69, 9.17) is 14.6 Å². The number of para-hydroxylation sites is 1. The second-order valence-electron chi connectivity index (χ2n) is 11.7. The Labute approximate surface area is 283 Å². The fraction of sp³-hybridized carbons (Fsp3) is 0.179. The molecule has 7 aromatic rings. The number of aromatic nitrogens is 4. The molecule has 0 saturated carbocycles. The molecule has 7 rings (SSSR count). The Morgan fingerprint density at radius 1 is 0.870 bits per heavy atom. The molecular weight excluding hydrogens is 752 g/mol. The van der Waals surface area contributed by atoms with Crippen molar-refractivity contribution >= 4 is 21.8 Å². The van der Waals surface area contributed by atoms with Gasteiger partial charge >= 0.3 is 21.1 Å². The Morgan fingerprint density at radius 3 is 2.54 bits per heavy atom. The zero-order valence-electron chi connectivity index (χ0n) is 26.2. The molecule has 0 aliphatic carbocycles. The number of nitrogens with zero attached hydrogens (tertiary/aromatic N) is 4. The summed E-state index contributed by atoms with van der Waals surface area (Å²) < 4.78 is 15.8. The number of rotatable bonds is 9. The average molecular weight is 786 g/mol. The van der Waals surface area contributed by atoms with Gasteiger partial charge in [-0.3, -0.25) is 4.68 Å². The van der Waals surface area contributed by atoms with Crippen molar-refractivity contribution in [2.75, 3.05) is 7.11 Å². The van der Waals surface area contributed by atoms with E-state index in [2.05, 4.69) is 85.1 Å². The van der Waals surface area contributed by atoms with E-state index in [1.165, 1.54) is 16.7 Å². The third kappa shape index (κ3) is 6.10. The van der Waals surface area contributed by atoms with E-state index in [0.29, 0.717) is 17.4 Å². The summed E-state index contributed by atoms with van der Waals surface area (Å²) in [5.74, 6) is 3.30. The van der Waals surface area contributed by atoms with Crippen LogP contribution in [0.15, 0.2) is 104 Å². The molecular formula is C39H34N4O2Pt. The third-order valence-corrected chi connectivity index (χ3v) is 8.18. The van der Waals surface area contributed by atoms with Gasteiger partial charge in [0.25, 0.3) is 0 Å². The maximum Gasteiger partial charge on any atom is 2.00 e. The zero-order chi connectivity index (χ0) is 30.9. The van der Waals surface area contributed by atoms with Crippen LogP contribution in [0.4, 0.5) is 0 Å². The van der Waals surface area contributed by atoms with Crippen molar-refractivity contribution in [3.05, 3.63) is 127 Å². The van der Waals surface area contributed by atoms with Crippen molar-refractivity contribution in [1.29, 1.82) is 0 Å². The van der Waals surface area contributed by atoms with Crippen molar-refractivity contribution in [2.45, 2.75) is 33.6 Å². The van der Waals surface area contributed by atoms with Crippen molar-refractivity contribution in [3.8, 4) is 39.9 Å². The summed E-state index contributed by atoms with van der Waals surface area (Å²) >= 11 is 0. The number of aryl methyl sites for hydroxylation is 2. The molecule has 3 heterocycles. The van der Waals surface area contributed by atoms with Crippen molar-refractivity contribution in [1.82, 2.24) is 19.3 Å². The maximum atomic E-state index is 6.35. The second kappa shape index (κ2) is 13.4. The molecule has 0 aliphatic heterocycles. The van der Waals surface area contributed by atoms with Crippen molar-refractivity contribution in [2.24, 2.45) is 5.92 Å². The first-order valence-corrected chi connectivity index (χ1v) is 15.3. The fourth-order valence-electron chi connectivity index (χ4n) is 5.95. The first kappa shape index (κ1) is 31.3. The molecule has 0 amide bonds. The van der Waals surface area contributed by atoms with Crippen LogP contribution in [0.2, 0.25) is 0 Å². The summed E-state index contributed by atoms with van der Waals surface area (Å²) in [6.07, 6.45) is 7.96. The van der Waals surface area contributed by atoms with Gasteiger partial charge in [0.05, 0.1) is 13.3 Å². The minimum atomic E-state index is 0. The normalized spacial score (nSPS) is 11.2. The largest absolute Gasteiger partial charge is 2.00 e. The third-order valence-electron chi connectivity index (χ3n) is 8.18. The molecule has 4 aromatic carbocycles. The van der Waals surface area contributed by atoms with Crippen LogP contribution in [-0.2, 0) is 27.5 Å². The molecule has 232 valence electrons. The van der Waals surface area contributed by atoms with Gasteiger partial charge in [-0.05, 0) is 65.6 Å². The molecule has 0 fully saturated rings. The van der Waals surface area contributed by atoms with E-state index in [1.54, 1.807) is 13.3 Å². The minimum absolute atomic E-state index is 0. The summed E-state index contributed by atoms with van der Waals surface area (Å²) in [5, 5.41) is 6.89. The van der Waals surface area contributed by atoms with Crippen LogP contribution in [0, 0.1) is 25.0 Å². The van der Waals surface area contributed by atoms with E-state index in [0.717, 1.165) is 57.5 Å². The van der Waals surface area contributed by atoms with Crippen LogP contribution in [-0.4, -0.2) is 26.4 Å². The van der Waals surface area contributed by atoms with E-state index >= 15 is 0 Å². The summed E-state index contributed by atoms with van der Waals surface area (Å²) in [6.45, 7) is 6.71. The SMILES string of the molecule is COc1ccnc(-n2c3[c-]c(Oc4[c-]c(-n5cc(-c6c(C)cccc6CCC(C)C)cn5)ccc4)ccc3c3ccccc32)c1.[Pt+2]. The van der Waals surface area contributed by atoms with Crippen molar-refractivity contribution in [3.63, 3.8) is 0 Å². The van der Waals surface area contributed by atoms with Gasteiger partial charge in [-0.1, -0.05) is 55.8 Å². The Morgan fingerprint density at radius 2 is 1.70 bits per heavy atom. The Hall–Kier alpha value is -4.67. The van der Waals surface area contributed by atoms with Crippen LogP contribution in [0.1, 0.15) is 31.4 Å². The summed E-state index contributed by atoms with van der Waals surface area (Å²) in [4.78, 5) is 4.65. The average Bonchev–Trinajstić information content (AvgIpc) is 3.67. The minimum Gasteiger partial charge on any atom is -0.509 e. The van der Waals surface area contributed by atoms with E-state index in [-0.39, 0.29) is 21.1 Å². The molecule has 3 aromatic heterocycles. The molecule has 0 aliphatic rings. The van der Waals surface area contributed by atoms with Crippen LogP contribution < -0.4 is 9.47 Å². The smallest absolute Gasteiger partial charge is 0.509 e. The zero-order valence-corrected chi connectivity index (χ0v) is 28.5. The predicted molar refractivity (Wildman–Crippen MR) is 180 cm³/mol. The van der Waals surface area contributed by atoms with Gasteiger partial charge in [0.15, 0.2) is 0 Å². The molecule has 0 N–H and O–H groups in total. The quantitative estimate of drug-likeness (QED) is 0.137. The number of methoxy groups -OCH3 is 1. The molecule has 0 atom stereocenters. The van der Waals surface area contributed by atoms with Gasteiger partial charge in [-0.25, -0.2) is 4.98 Å². The first-order valence-electron chi connectivity index (χ1n) is 15.3. The molecule has 46 heavy (non-hydrogen) atoms. The van der Waals surface area contributed by atoms with Gasteiger partial charge in [0, 0.05) is 41.0 Å². The number of hydrogen-bond donors (Lipinski definition) is 0. The number of fused-ring (bicyclic) bond motifs is 3. The molecule has 0 saturated heterocycles. The summed E-state index contributed by atoms with van der Waals surface area (Å²) in [7, 11) is 1.66. The molecule has 6 nitrogen and oxygen atoms in total. The summed E-state index contributed by atoms with van der Waals surface area (Å²) in [6, 6.07) is 35.4. The Kier molecular flexibility index (Phi) is 9.10. The summed E-state index contributed by atoms with van der Waals surface area (Å²) in [5.41, 5.74) is 7.68. The van der Waals surface area contributed by atoms with Crippen LogP contribution >= 0.6 is 0 Å². The van der Waals surface area contributed by atoms with Gasteiger partial charge in [0.1, 0.15) is 11.6 Å². The first-order chi connectivity index (χ1) is 22.0. The maximum absolute atomic E-state index is 6.35. The number of benzene rings is 4. The Balaban J connectivity index is 0.00000372. The number of pyridine rings is 1. The van der Waals surface area contributed by atoms with Gasteiger partial charge in [-0.2, -0.15) is 17.2 Å². The molecule has 7 heteroatoms. The van der Waals surface area contributed by atoms with E-state index < -0.39 is 0 Å². The van der Waals surface area contributed by atoms with Gasteiger partial charge in [0.2, 0.25) is 0 Å². The molecule has 0 radical (unpaired) electrons. The standard InChI is InChI=1S/C39H34N4O2.Pt/c1-26(2)15-16-28-10-7-9-27(3)39(28)29-24-41-42(25-29)30-11-8-12-32(21-30)45-33-17-18-35-34-13-5-6-14-36(34)43(37(35)22-33)38-23-31(44-4)19-20-40-38;/h5-14,17-20,23-26H,15-16H2,1-4H3;/q-2;+2. The second-order valence-corrected chi connectivity index (χ2v) is 11.7. The van der Waals surface area contributed by atoms with Crippen LogP contribution in [0.3, 0.4) is 0 Å². The van der Waals surface area contributed by atoms with Crippen LogP contribution in [0.25, 0.3) is 44.4 Å². The Bertz CT molecular complexity index is 2150. The molecule has 0 bridgehead atoms. The predicted octanol–water partition coefficient (Wildman–Crippen LogP) is 9.33. The number of ether oxygens (including phenoxy) is 2. The van der Waals surface area contributed by atoms with Gasteiger partial charge < -0.3 is 14.0 Å². The molecule has 0 unspecified atom stereocenters. The number of hydrogen-bond acceptors (Lipinski definition) is 4. The van der Waals surface area contributed by atoms with Crippen molar-refractivity contribution < 1.29 is 30.5 Å². The van der Waals surface area contributed by atoms with Crippen LogP contribution in [0.5, 0.6) is 17.2 Å². The fourth-order valence-corrected chi connectivity index (χ4v) is 5.95. The van der Waals surface area contributed by atoms with Gasteiger partial charge in [-0.15, -0.1) is 35.7 Å². The molecule has 0 spiro atoms. The monoisotopic (exact) mass is 785 g/mol. The van der Waals surface area contributed by atoms with E-state index in [1.807, 2.05) is 59.4 Å².